The van der Waals surface area contributed by atoms with E-state index in [-0.39, 0.29) is 11.9 Å². The molecule has 0 fully saturated rings. The van der Waals surface area contributed by atoms with Gasteiger partial charge in [-0.25, -0.2) is 0 Å². The lowest BCUT2D eigenvalue weighted by atomic mass is 10.2. The van der Waals surface area contributed by atoms with Crippen molar-refractivity contribution in [1.29, 1.82) is 0 Å². The van der Waals surface area contributed by atoms with Gasteiger partial charge in [-0.2, -0.15) is 0 Å². The Morgan fingerprint density at radius 2 is 1.76 bits per heavy atom. The number of hydrogen-bond donors (Lipinski definition) is 1. The Hall–Kier alpha value is -1.71. The molecule has 0 atom stereocenters. The van der Waals surface area contributed by atoms with Crippen LogP contribution in [0, 0.1) is 0 Å². The van der Waals surface area contributed by atoms with E-state index in [1.165, 1.54) is 0 Å². The smallest absolute Gasteiger partial charge is 0.251 e. The molecule has 0 radical (unpaired) electrons. The summed E-state index contributed by atoms with van der Waals surface area (Å²) < 4.78 is 5.69. The van der Waals surface area contributed by atoms with Crippen LogP contribution in [0.1, 0.15) is 24.2 Å². The van der Waals surface area contributed by atoms with E-state index in [9.17, 15) is 4.79 Å². The minimum Gasteiger partial charge on any atom is -0.457 e. The molecule has 0 saturated carbocycles. The number of carbonyl (C=O) groups excluding carboxylic acids is 1. The first kappa shape index (κ1) is 15.7. The number of nitrogens with one attached hydrogen (secondary N) is 1. The molecule has 0 aliphatic carbocycles. The molecule has 0 saturated heterocycles. The summed E-state index contributed by atoms with van der Waals surface area (Å²) in [7, 11) is 0. The van der Waals surface area contributed by atoms with Crippen LogP contribution in [0.25, 0.3) is 0 Å². The van der Waals surface area contributed by atoms with Gasteiger partial charge in [-0.15, -0.1) is 0 Å². The maximum absolute atomic E-state index is 12.0. The predicted octanol–water partition coefficient (Wildman–Crippen LogP) is 4.92. The van der Waals surface area contributed by atoms with Crippen molar-refractivity contribution in [3.63, 3.8) is 0 Å². The highest BCUT2D eigenvalue weighted by Crippen LogP contribution is 2.29. The summed E-state index contributed by atoms with van der Waals surface area (Å²) in [6.07, 6.45) is 0. The van der Waals surface area contributed by atoms with Gasteiger partial charge in [-0.1, -0.05) is 29.3 Å². The molecule has 0 heterocycles. The average Bonchev–Trinajstić information content (AvgIpc) is 2.42. The fourth-order valence-electron chi connectivity index (χ4n) is 1.72. The van der Waals surface area contributed by atoms with Gasteiger partial charge in [-0.3, -0.25) is 4.79 Å². The summed E-state index contributed by atoms with van der Waals surface area (Å²) in [4.78, 5) is 12.0. The van der Waals surface area contributed by atoms with Crippen molar-refractivity contribution in [3.8, 4) is 11.5 Å². The highest BCUT2D eigenvalue weighted by molar-refractivity contribution is 6.42. The summed E-state index contributed by atoms with van der Waals surface area (Å²) >= 11 is 11.8. The van der Waals surface area contributed by atoms with E-state index in [1.807, 2.05) is 13.8 Å². The molecule has 0 aliphatic rings. The molecule has 110 valence electrons. The van der Waals surface area contributed by atoms with Crippen molar-refractivity contribution in [3.05, 3.63) is 58.1 Å². The highest BCUT2D eigenvalue weighted by Gasteiger charge is 2.08. The van der Waals surface area contributed by atoms with E-state index in [0.29, 0.717) is 27.1 Å². The second-order valence-electron chi connectivity index (χ2n) is 4.83. The third kappa shape index (κ3) is 4.38. The zero-order chi connectivity index (χ0) is 15.4. The maximum Gasteiger partial charge on any atom is 0.251 e. The summed E-state index contributed by atoms with van der Waals surface area (Å²) in [5.41, 5.74) is 0.543. The minimum atomic E-state index is -0.135. The first-order chi connectivity index (χ1) is 9.95. The predicted molar refractivity (Wildman–Crippen MR) is 85.6 cm³/mol. The van der Waals surface area contributed by atoms with Crippen LogP contribution in [0.3, 0.4) is 0 Å². The first-order valence-corrected chi connectivity index (χ1v) is 7.25. The van der Waals surface area contributed by atoms with Gasteiger partial charge in [0.1, 0.15) is 11.5 Å². The lowest BCUT2D eigenvalue weighted by molar-refractivity contribution is 0.0943. The summed E-state index contributed by atoms with van der Waals surface area (Å²) in [5.74, 6) is 0.986. The van der Waals surface area contributed by atoms with Crippen LogP contribution in [0.15, 0.2) is 42.5 Å². The molecule has 1 N–H and O–H groups in total. The molecule has 0 spiro atoms. The Morgan fingerprint density at radius 1 is 1.05 bits per heavy atom. The third-order valence-electron chi connectivity index (χ3n) is 2.64. The Balaban J connectivity index is 2.17. The van der Waals surface area contributed by atoms with Crippen LogP contribution in [0.5, 0.6) is 11.5 Å². The van der Waals surface area contributed by atoms with Gasteiger partial charge in [0.15, 0.2) is 0 Å². The third-order valence-corrected chi connectivity index (χ3v) is 3.38. The number of ether oxygens (including phenoxy) is 1. The van der Waals surface area contributed by atoms with E-state index in [4.69, 9.17) is 27.9 Å². The molecule has 2 aromatic carbocycles. The van der Waals surface area contributed by atoms with Crippen molar-refractivity contribution in [2.75, 3.05) is 0 Å². The number of amides is 1. The second-order valence-corrected chi connectivity index (χ2v) is 5.65. The van der Waals surface area contributed by atoms with E-state index in [1.54, 1.807) is 42.5 Å². The van der Waals surface area contributed by atoms with Gasteiger partial charge in [-0.05, 0) is 44.2 Å². The van der Waals surface area contributed by atoms with Crippen molar-refractivity contribution >= 4 is 29.1 Å². The van der Waals surface area contributed by atoms with Crippen LogP contribution >= 0.6 is 23.2 Å². The molecule has 0 bridgehead atoms. The van der Waals surface area contributed by atoms with E-state index in [0.717, 1.165) is 0 Å². The summed E-state index contributed by atoms with van der Waals surface area (Å²) in [5, 5.41) is 3.72. The van der Waals surface area contributed by atoms with Gasteiger partial charge in [0.2, 0.25) is 0 Å². The fourth-order valence-corrected chi connectivity index (χ4v) is 2.01. The molecule has 0 aliphatic heterocycles. The van der Waals surface area contributed by atoms with Gasteiger partial charge in [0.25, 0.3) is 5.91 Å². The Morgan fingerprint density at radius 3 is 2.43 bits per heavy atom. The van der Waals surface area contributed by atoms with Crippen LogP contribution in [-0.4, -0.2) is 11.9 Å². The van der Waals surface area contributed by atoms with Gasteiger partial charge < -0.3 is 10.1 Å². The van der Waals surface area contributed by atoms with Crippen molar-refractivity contribution < 1.29 is 9.53 Å². The molecular weight excluding hydrogens is 309 g/mol. The Labute approximate surface area is 133 Å². The van der Waals surface area contributed by atoms with E-state index in [2.05, 4.69) is 5.32 Å². The number of halogens is 2. The summed E-state index contributed by atoms with van der Waals surface area (Å²) in [6.45, 7) is 3.82. The fraction of sp³-hybridized carbons (Fsp3) is 0.188. The Bertz CT molecular complexity index is 656. The van der Waals surface area contributed by atoms with Crippen molar-refractivity contribution in [1.82, 2.24) is 5.32 Å². The molecule has 0 aromatic heterocycles. The number of hydrogen-bond acceptors (Lipinski definition) is 2. The van der Waals surface area contributed by atoms with E-state index >= 15 is 0 Å². The number of carbonyl (C=O) groups is 1. The van der Waals surface area contributed by atoms with Crippen LogP contribution in [0.4, 0.5) is 0 Å². The molecule has 1 amide bonds. The van der Waals surface area contributed by atoms with Gasteiger partial charge in [0.05, 0.1) is 10.0 Å². The number of rotatable bonds is 4. The zero-order valence-electron chi connectivity index (χ0n) is 11.7. The summed E-state index contributed by atoms with van der Waals surface area (Å²) in [6, 6.07) is 12.0. The molecule has 0 unspecified atom stereocenters. The molecule has 2 rings (SSSR count). The molecule has 3 nitrogen and oxygen atoms in total. The maximum atomic E-state index is 12.0. The normalized spacial score (nSPS) is 10.5. The minimum absolute atomic E-state index is 0.0807. The number of benzene rings is 2. The lowest BCUT2D eigenvalue weighted by Gasteiger charge is -2.10. The monoisotopic (exact) mass is 323 g/mol. The first-order valence-electron chi connectivity index (χ1n) is 6.49. The van der Waals surface area contributed by atoms with Gasteiger partial charge in [0, 0.05) is 17.7 Å². The SMILES string of the molecule is CC(C)NC(=O)c1cccc(Oc2ccc(Cl)c(Cl)c2)c1. The molecule has 21 heavy (non-hydrogen) atoms. The van der Waals surface area contributed by atoms with Crippen LogP contribution < -0.4 is 10.1 Å². The molecule has 5 heteroatoms. The topological polar surface area (TPSA) is 38.3 Å². The van der Waals surface area contributed by atoms with Crippen molar-refractivity contribution in [2.45, 2.75) is 19.9 Å². The quantitative estimate of drug-likeness (QED) is 0.866. The zero-order valence-corrected chi connectivity index (χ0v) is 13.2. The lowest BCUT2D eigenvalue weighted by Crippen LogP contribution is -2.29. The highest BCUT2D eigenvalue weighted by atomic mass is 35.5. The van der Waals surface area contributed by atoms with Crippen molar-refractivity contribution in [2.24, 2.45) is 0 Å². The van der Waals surface area contributed by atoms with Gasteiger partial charge >= 0.3 is 0 Å². The average molecular weight is 324 g/mol. The second kappa shape index (κ2) is 6.83. The van der Waals surface area contributed by atoms with Crippen LogP contribution in [0.2, 0.25) is 10.0 Å². The molecular formula is C16H15Cl2NO2. The standard InChI is InChI=1S/C16H15Cl2NO2/c1-10(2)19-16(20)11-4-3-5-12(8-11)21-13-6-7-14(17)15(18)9-13/h3-10H,1-2H3,(H,19,20). The Kier molecular flexibility index (Phi) is 5.10. The van der Waals surface area contributed by atoms with E-state index < -0.39 is 0 Å². The van der Waals surface area contributed by atoms with Crippen LogP contribution in [-0.2, 0) is 0 Å². The molecule has 2 aromatic rings. The largest absolute Gasteiger partial charge is 0.457 e.